The number of amides is 3. The highest BCUT2D eigenvalue weighted by Gasteiger charge is 2.35. The van der Waals surface area contributed by atoms with Gasteiger partial charge in [0.1, 0.15) is 0 Å². The van der Waals surface area contributed by atoms with E-state index in [1.54, 1.807) is 29.8 Å². The third-order valence-electron chi connectivity index (χ3n) is 3.17. The van der Waals surface area contributed by atoms with Gasteiger partial charge in [-0.25, -0.2) is 4.98 Å². The van der Waals surface area contributed by atoms with Gasteiger partial charge in [0.2, 0.25) is 5.91 Å². The Balaban J connectivity index is 1.66. The number of fused-ring (bicyclic) bond motifs is 1. The fraction of sp³-hybridized carbons (Fsp3) is 0.143. The van der Waals surface area contributed by atoms with E-state index in [4.69, 9.17) is 0 Å². The molecule has 2 aromatic rings. The van der Waals surface area contributed by atoms with Crippen molar-refractivity contribution in [2.45, 2.75) is 6.42 Å². The molecule has 0 bridgehead atoms. The molecule has 22 heavy (non-hydrogen) atoms. The first-order chi connectivity index (χ1) is 10.6. The summed E-state index contributed by atoms with van der Waals surface area (Å²) in [7, 11) is 0. The summed E-state index contributed by atoms with van der Waals surface area (Å²) >= 11 is 4.58. The maximum atomic E-state index is 12.2. The van der Waals surface area contributed by atoms with Gasteiger partial charge in [0.05, 0.1) is 11.1 Å². The number of thiazole rings is 1. The molecule has 0 saturated carbocycles. The van der Waals surface area contributed by atoms with E-state index in [1.165, 1.54) is 11.3 Å². The minimum Gasteiger partial charge on any atom is -0.302 e. The zero-order chi connectivity index (χ0) is 15.7. The number of imide groups is 1. The summed E-state index contributed by atoms with van der Waals surface area (Å²) in [5.74, 6) is -1.02. The number of aromatic nitrogens is 1. The number of nitrogens with one attached hydrogen (secondary N) is 1. The first-order valence-corrected chi connectivity index (χ1v) is 8.08. The van der Waals surface area contributed by atoms with Crippen molar-refractivity contribution >= 4 is 50.1 Å². The van der Waals surface area contributed by atoms with Crippen LogP contribution in [0.5, 0.6) is 0 Å². The number of hydrogen-bond donors (Lipinski definition) is 1. The number of anilines is 1. The molecule has 2 heterocycles. The maximum Gasteiger partial charge on any atom is 0.261 e. The number of halogens is 1. The highest BCUT2D eigenvalue weighted by molar-refractivity contribution is 9.10. The molecule has 0 atom stereocenters. The fourth-order valence-electron chi connectivity index (χ4n) is 2.15. The molecule has 0 radical (unpaired) electrons. The number of benzene rings is 1. The molecule has 0 spiro atoms. The van der Waals surface area contributed by atoms with Crippen LogP contribution in [-0.2, 0) is 4.79 Å². The standard InChI is InChI=1S/C14H10BrN3O3S/c15-8-1-2-9-10(7-8)13(21)18(12(9)20)5-3-11(19)17-14-16-4-6-22-14/h1-2,4,6-7H,3,5H2,(H,16,17,19). The van der Waals surface area contributed by atoms with Gasteiger partial charge in [0.25, 0.3) is 11.8 Å². The molecular formula is C14H10BrN3O3S. The Hall–Kier alpha value is -2.06. The molecule has 1 aliphatic rings. The van der Waals surface area contributed by atoms with Crippen molar-refractivity contribution in [2.24, 2.45) is 0 Å². The molecular weight excluding hydrogens is 370 g/mol. The van der Waals surface area contributed by atoms with Crippen LogP contribution in [0.2, 0.25) is 0 Å². The van der Waals surface area contributed by atoms with Crippen LogP contribution in [-0.4, -0.2) is 34.2 Å². The van der Waals surface area contributed by atoms with Crippen molar-refractivity contribution in [1.82, 2.24) is 9.88 Å². The van der Waals surface area contributed by atoms with Gasteiger partial charge < -0.3 is 5.32 Å². The Morgan fingerprint density at radius 2 is 2.05 bits per heavy atom. The second kappa shape index (κ2) is 5.98. The van der Waals surface area contributed by atoms with E-state index in [9.17, 15) is 14.4 Å². The average Bonchev–Trinajstić information content (AvgIpc) is 3.06. The first kappa shape index (κ1) is 14.9. The van der Waals surface area contributed by atoms with Crippen LogP contribution in [0.1, 0.15) is 27.1 Å². The van der Waals surface area contributed by atoms with Crippen LogP contribution in [0.3, 0.4) is 0 Å². The summed E-state index contributed by atoms with van der Waals surface area (Å²) in [4.78, 5) is 41.3. The third kappa shape index (κ3) is 2.79. The van der Waals surface area contributed by atoms with Crippen LogP contribution in [0.15, 0.2) is 34.2 Å². The van der Waals surface area contributed by atoms with Gasteiger partial charge in [-0.2, -0.15) is 0 Å². The van der Waals surface area contributed by atoms with E-state index < -0.39 is 0 Å². The predicted octanol–water partition coefficient (Wildman–Crippen LogP) is 2.53. The number of rotatable bonds is 4. The lowest BCUT2D eigenvalue weighted by molar-refractivity contribution is -0.116. The Morgan fingerprint density at radius 1 is 1.27 bits per heavy atom. The van der Waals surface area contributed by atoms with Gasteiger partial charge >= 0.3 is 0 Å². The highest BCUT2D eigenvalue weighted by atomic mass is 79.9. The van der Waals surface area contributed by atoms with E-state index in [2.05, 4.69) is 26.2 Å². The first-order valence-electron chi connectivity index (χ1n) is 6.41. The van der Waals surface area contributed by atoms with Crippen molar-refractivity contribution in [2.75, 3.05) is 11.9 Å². The summed E-state index contributed by atoms with van der Waals surface area (Å²) in [6, 6.07) is 4.93. The third-order valence-corrected chi connectivity index (χ3v) is 4.36. The van der Waals surface area contributed by atoms with E-state index in [-0.39, 0.29) is 30.7 Å². The van der Waals surface area contributed by atoms with Crippen LogP contribution >= 0.6 is 27.3 Å². The van der Waals surface area contributed by atoms with Crippen molar-refractivity contribution < 1.29 is 14.4 Å². The summed E-state index contributed by atoms with van der Waals surface area (Å²) in [5.41, 5.74) is 0.730. The second-order valence-electron chi connectivity index (χ2n) is 4.59. The molecule has 112 valence electrons. The lowest BCUT2D eigenvalue weighted by Crippen LogP contribution is -2.32. The minimum absolute atomic E-state index is 0.0339. The van der Waals surface area contributed by atoms with Crippen molar-refractivity contribution in [3.63, 3.8) is 0 Å². The summed E-state index contributed by atoms with van der Waals surface area (Å²) < 4.78 is 0.732. The van der Waals surface area contributed by atoms with Gasteiger partial charge in [0, 0.05) is 29.0 Å². The summed E-state index contributed by atoms with van der Waals surface area (Å²) in [5, 5.41) is 4.86. The van der Waals surface area contributed by atoms with Gasteiger partial charge in [0.15, 0.2) is 5.13 Å². The van der Waals surface area contributed by atoms with Crippen LogP contribution in [0.4, 0.5) is 5.13 Å². The average molecular weight is 380 g/mol. The van der Waals surface area contributed by atoms with Crippen molar-refractivity contribution in [3.05, 3.63) is 45.4 Å². The molecule has 0 saturated heterocycles. The molecule has 8 heteroatoms. The SMILES string of the molecule is O=C(CCN1C(=O)c2ccc(Br)cc2C1=O)Nc1nccs1. The van der Waals surface area contributed by atoms with Gasteiger partial charge in [-0.1, -0.05) is 15.9 Å². The molecule has 0 unspecified atom stereocenters. The predicted molar refractivity (Wildman–Crippen MR) is 84.9 cm³/mol. The Morgan fingerprint density at radius 3 is 2.77 bits per heavy atom. The Bertz CT molecular complexity index is 761. The Kier molecular flexibility index (Phi) is 4.04. The zero-order valence-electron chi connectivity index (χ0n) is 11.2. The topological polar surface area (TPSA) is 79.4 Å². The molecule has 3 amide bonds. The van der Waals surface area contributed by atoms with Crippen LogP contribution < -0.4 is 5.32 Å². The summed E-state index contributed by atoms with van der Waals surface area (Å²) in [6.07, 6.45) is 1.62. The second-order valence-corrected chi connectivity index (χ2v) is 6.40. The minimum atomic E-state index is -0.372. The number of hydrogen-bond acceptors (Lipinski definition) is 5. The van der Waals surface area contributed by atoms with E-state index >= 15 is 0 Å². The molecule has 1 aromatic heterocycles. The molecule has 0 aliphatic carbocycles. The number of carbonyl (C=O) groups is 3. The van der Waals surface area contributed by atoms with E-state index in [0.717, 1.165) is 9.37 Å². The van der Waals surface area contributed by atoms with Crippen molar-refractivity contribution in [1.29, 1.82) is 0 Å². The van der Waals surface area contributed by atoms with E-state index in [1.807, 2.05) is 0 Å². The normalized spacial score (nSPS) is 13.4. The molecule has 3 rings (SSSR count). The van der Waals surface area contributed by atoms with Crippen LogP contribution in [0.25, 0.3) is 0 Å². The number of nitrogens with zero attached hydrogens (tertiary/aromatic N) is 2. The van der Waals surface area contributed by atoms with Gasteiger partial charge in [-0.05, 0) is 18.2 Å². The smallest absolute Gasteiger partial charge is 0.261 e. The van der Waals surface area contributed by atoms with Crippen LogP contribution in [0, 0.1) is 0 Å². The fourth-order valence-corrected chi connectivity index (χ4v) is 3.05. The van der Waals surface area contributed by atoms with Gasteiger partial charge in [-0.3, -0.25) is 19.3 Å². The largest absolute Gasteiger partial charge is 0.302 e. The highest BCUT2D eigenvalue weighted by Crippen LogP contribution is 2.26. The molecule has 1 aromatic carbocycles. The monoisotopic (exact) mass is 379 g/mol. The maximum absolute atomic E-state index is 12.2. The molecule has 1 N–H and O–H groups in total. The molecule has 6 nitrogen and oxygen atoms in total. The molecule has 0 fully saturated rings. The zero-order valence-corrected chi connectivity index (χ0v) is 13.6. The van der Waals surface area contributed by atoms with Crippen molar-refractivity contribution in [3.8, 4) is 0 Å². The van der Waals surface area contributed by atoms with Gasteiger partial charge in [-0.15, -0.1) is 11.3 Å². The Labute approximate surface area is 138 Å². The number of carbonyl (C=O) groups excluding carboxylic acids is 3. The lowest BCUT2D eigenvalue weighted by atomic mass is 10.1. The lowest BCUT2D eigenvalue weighted by Gasteiger charge is -2.12. The molecule has 1 aliphatic heterocycles. The van der Waals surface area contributed by atoms with E-state index in [0.29, 0.717) is 16.3 Å². The summed E-state index contributed by atoms with van der Waals surface area (Å²) in [6.45, 7) is 0.0428. The quantitative estimate of drug-likeness (QED) is 0.827.